The SMILES string of the molecule is Cc1ccc2c(c1)CCc1cc(Br)cnc1/C2=C1/CCCNC1. The van der Waals surface area contributed by atoms with E-state index in [0.717, 1.165) is 30.4 Å². The summed E-state index contributed by atoms with van der Waals surface area (Å²) in [5, 5.41) is 3.54. The first-order valence-electron chi connectivity index (χ1n) is 8.40. The molecule has 0 amide bonds. The van der Waals surface area contributed by atoms with Crippen LogP contribution >= 0.6 is 15.9 Å². The maximum atomic E-state index is 4.82. The minimum Gasteiger partial charge on any atom is -0.313 e. The Morgan fingerprint density at radius 3 is 2.78 bits per heavy atom. The Kier molecular flexibility index (Phi) is 4.08. The highest BCUT2D eigenvalue weighted by Crippen LogP contribution is 2.37. The Morgan fingerprint density at radius 2 is 1.96 bits per heavy atom. The van der Waals surface area contributed by atoms with Gasteiger partial charge in [-0.05, 0) is 83.4 Å². The molecule has 2 aromatic rings. The number of nitrogens with zero attached hydrogens (tertiary/aromatic N) is 1. The Morgan fingerprint density at radius 1 is 1.09 bits per heavy atom. The van der Waals surface area contributed by atoms with Crippen LogP contribution in [0.3, 0.4) is 0 Å². The third kappa shape index (κ3) is 2.88. The first-order valence-corrected chi connectivity index (χ1v) is 9.19. The van der Waals surface area contributed by atoms with Gasteiger partial charge in [-0.2, -0.15) is 0 Å². The normalized spacial score (nSPS) is 20.6. The molecular weight excluding hydrogens is 348 g/mol. The van der Waals surface area contributed by atoms with E-state index in [9.17, 15) is 0 Å². The Labute approximate surface area is 146 Å². The molecule has 0 bridgehead atoms. The molecule has 0 unspecified atom stereocenters. The third-order valence-corrected chi connectivity index (χ3v) is 5.32. The van der Waals surface area contributed by atoms with Crippen molar-refractivity contribution in [2.75, 3.05) is 13.1 Å². The molecule has 0 atom stereocenters. The number of aromatic nitrogens is 1. The van der Waals surface area contributed by atoms with Gasteiger partial charge in [0.25, 0.3) is 0 Å². The highest BCUT2D eigenvalue weighted by atomic mass is 79.9. The fraction of sp³-hybridized carbons (Fsp3) is 0.350. The van der Waals surface area contributed by atoms with E-state index in [0.29, 0.717) is 0 Å². The summed E-state index contributed by atoms with van der Waals surface area (Å²) >= 11 is 3.59. The van der Waals surface area contributed by atoms with Crippen LogP contribution in [0.1, 0.15) is 40.8 Å². The lowest BCUT2D eigenvalue weighted by Crippen LogP contribution is -2.25. The third-order valence-electron chi connectivity index (χ3n) is 4.89. The van der Waals surface area contributed by atoms with Gasteiger partial charge in [0.05, 0.1) is 5.69 Å². The second-order valence-corrected chi connectivity index (χ2v) is 7.50. The van der Waals surface area contributed by atoms with Crippen molar-refractivity contribution in [2.24, 2.45) is 0 Å². The van der Waals surface area contributed by atoms with Gasteiger partial charge in [0.1, 0.15) is 0 Å². The maximum absolute atomic E-state index is 4.82. The average molecular weight is 369 g/mol. The van der Waals surface area contributed by atoms with Crippen LogP contribution in [0.4, 0.5) is 0 Å². The average Bonchev–Trinajstić information content (AvgIpc) is 2.72. The van der Waals surface area contributed by atoms with Gasteiger partial charge in [-0.1, -0.05) is 23.8 Å². The summed E-state index contributed by atoms with van der Waals surface area (Å²) in [4.78, 5) is 4.82. The Balaban J connectivity index is 1.98. The molecule has 1 aromatic carbocycles. The molecule has 2 heterocycles. The van der Waals surface area contributed by atoms with E-state index in [4.69, 9.17) is 4.98 Å². The summed E-state index contributed by atoms with van der Waals surface area (Å²) in [5.74, 6) is 0. The molecule has 1 aromatic heterocycles. The number of hydrogen-bond acceptors (Lipinski definition) is 2. The molecule has 1 aliphatic carbocycles. The van der Waals surface area contributed by atoms with E-state index in [1.54, 1.807) is 0 Å². The van der Waals surface area contributed by atoms with Crippen LogP contribution in [0.15, 0.2) is 40.5 Å². The second-order valence-electron chi connectivity index (χ2n) is 6.58. The molecule has 1 saturated heterocycles. The van der Waals surface area contributed by atoms with Gasteiger partial charge in [0.2, 0.25) is 0 Å². The molecule has 3 heteroatoms. The number of hydrogen-bond donors (Lipinski definition) is 1. The predicted molar refractivity (Wildman–Crippen MR) is 98.6 cm³/mol. The number of aryl methyl sites for hydroxylation is 3. The highest BCUT2D eigenvalue weighted by molar-refractivity contribution is 9.10. The molecule has 118 valence electrons. The monoisotopic (exact) mass is 368 g/mol. The van der Waals surface area contributed by atoms with E-state index in [1.165, 1.54) is 51.9 Å². The van der Waals surface area contributed by atoms with Gasteiger partial charge in [0, 0.05) is 22.8 Å². The van der Waals surface area contributed by atoms with Crippen molar-refractivity contribution in [3.63, 3.8) is 0 Å². The Bertz CT molecular complexity index is 729. The minimum absolute atomic E-state index is 0.986. The predicted octanol–water partition coefficient (Wildman–Crippen LogP) is 4.44. The first kappa shape index (κ1) is 15.1. The van der Waals surface area contributed by atoms with E-state index < -0.39 is 0 Å². The second kappa shape index (κ2) is 6.21. The lowest BCUT2D eigenvalue weighted by atomic mass is 9.89. The van der Waals surface area contributed by atoms with Crippen LogP contribution in [0.2, 0.25) is 0 Å². The van der Waals surface area contributed by atoms with Gasteiger partial charge in [-0.3, -0.25) is 4.98 Å². The van der Waals surface area contributed by atoms with E-state index in [2.05, 4.69) is 52.4 Å². The van der Waals surface area contributed by atoms with Gasteiger partial charge < -0.3 is 5.32 Å². The molecule has 1 aliphatic heterocycles. The summed E-state index contributed by atoms with van der Waals surface area (Å²) in [5.41, 5.74) is 9.65. The molecular formula is C20H21BrN2. The van der Waals surface area contributed by atoms with Crippen LogP contribution in [-0.2, 0) is 12.8 Å². The van der Waals surface area contributed by atoms with Crippen molar-refractivity contribution in [3.8, 4) is 0 Å². The van der Waals surface area contributed by atoms with Gasteiger partial charge >= 0.3 is 0 Å². The van der Waals surface area contributed by atoms with Gasteiger partial charge in [0.15, 0.2) is 0 Å². The van der Waals surface area contributed by atoms with E-state index >= 15 is 0 Å². The first-order chi connectivity index (χ1) is 11.2. The summed E-state index contributed by atoms with van der Waals surface area (Å²) in [7, 11) is 0. The lowest BCUT2D eigenvalue weighted by molar-refractivity contribution is 0.611. The van der Waals surface area contributed by atoms with Gasteiger partial charge in [-0.15, -0.1) is 0 Å². The zero-order valence-corrected chi connectivity index (χ0v) is 15.0. The van der Waals surface area contributed by atoms with Crippen LogP contribution in [0.5, 0.6) is 0 Å². The van der Waals surface area contributed by atoms with Crippen molar-refractivity contribution in [1.29, 1.82) is 0 Å². The van der Waals surface area contributed by atoms with Crippen LogP contribution in [-0.4, -0.2) is 18.1 Å². The van der Waals surface area contributed by atoms with Crippen molar-refractivity contribution in [2.45, 2.75) is 32.6 Å². The number of piperidine rings is 1. The standard InChI is InChI=1S/C20H21BrN2/c1-13-4-7-18-14(9-13)5-6-15-10-17(21)12-23-20(15)19(18)16-3-2-8-22-11-16/h4,7,9-10,12,22H,2-3,5-6,8,11H2,1H3/b19-16-. The largest absolute Gasteiger partial charge is 0.313 e. The summed E-state index contributed by atoms with van der Waals surface area (Å²) in [6, 6.07) is 9.14. The number of rotatable bonds is 0. The number of nitrogens with one attached hydrogen (secondary N) is 1. The molecule has 2 nitrogen and oxygen atoms in total. The van der Waals surface area contributed by atoms with Crippen molar-refractivity contribution in [1.82, 2.24) is 10.3 Å². The van der Waals surface area contributed by atoms with Crippen LogP contribution in [0, 0.1) is 6.92 Å². The molecule has 1 N–H and O–H groups in total. The van der Waals surface area contributed by atoms with Crippen molar-refractivity contribution >= 4 is 21.5 Å². The number of halogens is 1. The molecule has 0 radical (unpaired) electrons. The topological polar surface area (TPSA) is 24.9 Å². The van der Waals surface area contributed by atoms with E-state index in [-0.39, 0.29) is 0 Å². The fourth-order valence-electron chi connectivity index (χ4n) is 3.79. The fourth-order valence-corrected chi connectivity index (χ4v) is 4.17. The zero-order chi connectivity index (χ0) is 15.8. The quantitative estimate of drug-likeness (QED) is 0.743. The zero-order valence-electron chi connectivity index (χ0n) is 13.5. The van der Waals surface area contributed by atoms with Crippen molar-refractivity contribution in [3.05, 3.63) is 68.5 Å². The van der Waals surface area contributed by atoms with Crippen LogP contribution in [0.25, 0.3) is 5.57 Å². The highest BCUT2D eigenvalue weighted by Gasteiger charge is 2.23. The maximum Gasteiger partial charge on any atom is 0.0741 e. The molecule has 4 rings (SSSR count). The number of benzene rings is 1. The number of pyridine rings is 1. The summed E-state index contributed by atoms with van der Waals surface area (Å²) in [6.07, 6.45) is 6.47. The molecule has 0 saturated carbocycles. The minimum atomic E-state index is 0.986. The smallest absolute Gasteiger partial charge is 0.0741 e. The van der Waals surface area contributed by atoms with Crippen LogP contribution < -0.4 is 5.32 Å². The molecule has 1 fully saturated rings. The number of fused-ring (bicyclic) bond motifs is 2. The molecule has 0 spiro atoms. The van der Waals surface area contributed by atoms with Crippen molar-refractivity contribution < 1.29 is 0 Å². The Hall–Kier alpha value is -1.45. The molecule has 23 heavy (non-hydrogen) atoms. The summed E-state index contributed by atoms with van der Waals surface area (Å²) in [6.45, 7) is 4.29. The van der Waals surface area contributed by atoms with E-state index in [1.807, 2.05) is 6.20 Å². The summed E-state index contributed by atoms with van der Waals surface area (Å²) < 4.78 is 1.07. The van der Waals surface area contributed by atoms with Gasteiger partial charge in [-0.25, -0.2) is 0 Å². The lowest BCUT2D eigenvalue weighted by Gasteiger charge is -2.22. The molecule has 2 aliphatic rings.